The molecule has 1 N–H and O–H groups in total. The van der Waals surface area contributed by atoms with E-state index in [4.69, 9.17) is 4.74 Å². The second kappa shape index (κ2) is 10.1. The number of nitrogens with one attached hydrogen (secondary N) is 1. The van der Waals surface area contributed by atoms with Crippen LogP contribution in [0.15, 0.2) is 0 Å². The number of ether oxygens (including phenoxy) is 1. The Morgan fingerprint density at radius 1 is 0.938 bits per heavy atom. The van der Waals surface area contributed by atoms with Crippen LogP contribution < -0.4 is 5.32 Å². The van der Waals surface area contributed by atoms with E-state index in [1.807, 2.05) is 0 Å². The Kier molecular flexibility index (Phi) is 8.83. The van der Waals surface area contributed by atoms with Gasteiger partial charge in [0.25, 0.3) is 0 Å². The fraction of sp³-hybridized carbons (Fsp3) is 1.00. The van der Waals surface area contributed by atoms with Crippen LogP contribution in [0.1, 0.15) is 64.7 Å². The van der Waals surface area contributed by atoms with E-state index in [0.717, 1.165) is 19.3 Å². The van der Waals surface area contributed by atoms with Gasteiger partial charge in [-0.25, -0.2) is 0 Å². The van der Waals surface area contributed by atoms with Gasteiger partial charge in [-0.05, 0) is 38.6 Å². The molecule has 0 radical (unpaired) electrons. The Bertz CT molecular complexity index is 146. The molecule has 0 aliphatic heterocycles. The molecule has 1 fully saturated rings. The van der Waals surface area contributed by atoms with Gasteiger partial charge < -0.3 is 10.1 Å². The highest BCUT2D eigenvalue weighted by Crippen LogP contribution is 2.18. The lowest BCUT2D eigenvalue weighted by Crippen LogP contribution is -2.17. The van der Waals surface area contributed by atoms with Gasteiger partial charge in [0.05, 0.1) is 0 Å². The van der Waals surface area contributed by atoms with Gasteiger partial charge in [0.1, 0.15) is 0 Å². The van der Waals surface area contributed by atoms with Crippen LogP contribution in [0.4, 0.5) is 0 Å². The summed E-state index contributed by atoms with van der Waals surface area (Å²) in [5.74, 6) is 0. The molecule has 0 heterocycles. The Hall–Kier alpha value is -0.0800. The molecule has 1 saturated carbocycles. The molecule has 1 rings (SSSR count). The molecule has 96 valence electrons. The van der Waals surface area contributed by atoms with Crippen LogP contribution >= 0.6 is 0 Å². The van der Waals surface area contributed by atoms with Crippen molar-refractivity contribution in [2.75, 3.05) is 19.8 Å². The van der Waals surface area contributed by atoms with Crippen molar-refractivity contribution in [1.82, 2.24) is 5.32 Å². The molecular formula is C14H29NO. The average Bonchev–Trinajstić information content (AvgIpc) is 3.10. The quantitative estimate of drug-likeness (QED) is 0.515. The molecule has 1 aliphatic carbocycles. The highest BCUT2D eigenvalue weighted by atomic mass is 16.5. The highest BCUT2D eigenvalue weighted by molar-refractivity contribution is 4.80. The summed E-state index contributed by atoms with van der Waals surface area (Å²) < 4.78 is 5.61. The number of rotatable bonds is 12. The van der Waals surface area contributed by atoms with Crippen LogP contribution in [0.3, 0.4) is 0 Å². The van der Waals surface area contributed by atoms with E-state index in [-0.39, 0.29) is 0 Å². The lowest BCUT2D eigenvalue weighted by molar-refractivity contribution is 0.126. The van der Waals surface area contributed by atoms with Gasteiger partial charge in [0.2, 0.25) is 0 Å². The fourth-order valence-corrected chi connectivity index (χ4v) is 1.83. The molecule has 0 aromatic carbocycles. The number of unbranched alkanes of at least 4 members (excludes halogenated alkanes) is 5. The third kappa shape index (κ3) is 9.17. The zero-order valence-corrected chi connectivity index (χ0v) is 11.0. The van der Waals surface area contributed by atoms with Crippen molar-refractivity contribution in [3.63, 3.8) is 0 Å². The predicted octanol–water partition coefficient (Wildman–Crippen LogP) is 3.51. The Balaban J connectivity index is 1.61. The SMILES string of the molecule is CCCCCCCOCCCCNC1CC1. The standard InChI is InChI=1S/C14H29NO/c1-2-3-4-5-7-12-16-13-8-6-11-15-14-9-10-14/h14-15H,2-13H2,1H3. The molecule has 0 spiro atoms. The largest absolute Gasteiger partial charge is 0.381 e. The lowest BCUT2D eigenvalue weighted by Gasteiger charge is -2.05. The van der Waals surface area contributed by atoms with Gasteiger partial charge in [0.15, 0.2) is 0 Å². The molecule has 0 saturated heterocycles. The third-order valence-corrected chi connectivity index (χ3v) is 3.12. The van der Waals surface area contributed by atoms with Gasteiger partial charge in [0, 0.05) is 19.3 Å². The number of hydrogen-bond acceptors (Lipinski definition) is 2. The van der Waals surface area contributed by atoms with Crippen molar-refractivity contribution in [3.8, 4) is 0 Å². The first-order valence-corrected chi connectivity index (χ1v) is 7.24. The number of hydrogen-bond donors (Lipinski definition) is 1. The second-order valence-electron chi connectivity index (χ2n) is 4.96. The molecule has 1 aliphatic rings. The van der Waals surface area contributed by atoms with Crippen LogP contribution in [-0.4, -0.2) is 25.8 Å². The third-order valence-electron chi connectivity index (χ3n) is 3.12. The van der Waals surface area contributed by atoms with Crippen molar-refractivity contribution in [2.45, 2.75) is 70.8 Å². The summed E-state index contributed by atoms with van der Waals surface area (Å²) in [6.45, 7) is 5.37. The first kappa shape index (κ1) is 14.0. The molecule has 0 aromatic rings. The van der Waals surface area contributed by atoms with E-state index in [0.29, 0.717) is 0 Å². The minimum atomic E-state index is 0.861. The molecule has 0 unspecified atom stereocenters. The summed E-state index contributed by atoms with van der Waals surface area (Å²) in [6, 6.07) is 0.861. The van der Waals surface area contributed by atoms with Gasteiger partial charge in [-0.15, -0.1) is 0 Å². The first-order valence-electron chi connectivity index (χ1n) is 7.24. The van der Waals surface area contributed by atoms with Crippen LogP contribution in [0, 0.1) is 0 Å². The molecule has 0 bridgehead atoms. The van der Waals surface area contributed by atoms with Gasteiger partial charge >= 0.3 is 0 Å². The van der Waals surface area contributed by atoms with Crippen LogP contribution in [0.25, 0.3) is 0 Å². The molecule has 2 heteroatoms. The van der Waals surface area contributed by atoms with Gasteiger partial charge in [-0.1, -0.05) is 32.6 Å². The van der Waals surface area contributed by atoms with Crippen molar-refractivity contribution < 1.29 is 4.74 Å². The monoisotopic (exact) mass is 227 g/mol. The Morgan fingerprint density at radius 2 is 1.62 bits per heavy atom. The Labute approximate surface area is 101 Å². The summed E-state index contributed by atoms with van der Waals surface area (Å²) in [5, 5.41) is 3.53. The smallest absolute Gasteiger partial charge is 0.0466 e. The maximum atomic E-state index is 5.61. The topological polar surface area (TPSA) is 21.3 Å². The van der Waals surface area contributed by atoms with Crippen LogP contribution in [0.5, 0.6) is 0 Å². The molecular weight excluding hydrogens is 198 g/mol. The van der Waals surface area contributed by atoms with Gasteiger partial charge in [-0.2, -0.15) is 0 Å². The molecule has 0 amide bonds. The van der Waals surface area contributed by atoms with Crippen molar-refractivity contribution >= 4 is 0 Å². The predicted molar refractivity (Wildman–Crippen MR) is 69.8 cm³/mol. The molecule has 0 aromatic heterocycles. The first-order chi connectivity index (χ1) is 7.93. The van der Waals surface area contributed by atoms with Gasteiger partial charge in [-0.3, -0.25) is 0 Å². The molecule has 2 nitrogen and oxygen atoms in total. The van der Waals surface area contributed by atoms with E-state index < -0.39 is 0 Å². The van der Waals surface area contributed by atoms with Crippen molar-refractivity contribution in [1.29, 1.82) is 0 Å². The second-order valence-corrected chi connectivity index (χ2v) is 4.96. The normalized spacial score (nSPS) is 15.6. The summed E-state index contributed by atoms with van der Waals surface area (Å²) >= 11 is 0. The zero-order valence-electron chi connectivity index (χ0n) is 11.0. The summed E-state index contributed by atoms with van der Waals surface area (Å²) in [6.07, 6.45) is 12.0. The molecule has 0 atom stereocenters. The van der Waals surface area contributed by atoms with Crippen LogP contribution in [0.2, 0.25) is 0 Å². The maximum Gasteiger partial charge on any atom is 0.0466 e. The van der Waals surface area contributed by atoms with E-state index in [2.05, 4.69) is 12.2 Å². The van der Waals surface area contributed by atoms with Crippen LogP contribution in [-0.2, 0) is 4.74 Å². The summed E-state index contributed by atoms with van der Waals surface area (Å²) in [4.78, 5) is 0. The minimum absolute atomic E-state index is 0.861. The highest BCUT2D eigenvalue weighted by Gasteiger charge is 2.19. The minimum Gasteiger partial charge on any atom is -0.381 e. The van der Waals surface area contributed by atoms with E-state index in [1.165, 1.54) is 64.3 Å². The fourth-order valence-electron chi connectivity index (χ4n) is 1.83. The van der Waals surface area contributed by atoms with E-state index in [9.17, 15) is 0 Å². The average molecular weight is 227 g/mol. The van der Waals surface area contributed by atoms with E-state index in [1.54, 1.807) is 0 Å². The lowest BCUT2D eigenvalue weighted by atomic mass is 10.2. The zero-order chi connectivity index (χ0) is 11.5. The van der Waals surface area contributed by atoms with Crippen molar-refractivity contribution in [2.24, 2.45) is 0 Å². The van der Waals surface area contributed by atoms with E-state index >= 15 is 0 Å². The van der Waals surface area contributed by atoms with Crippen molar-refractivity contribution in [3.05, 3.63) is 0 Å². The Morgan fingerprint density at radius 3 is 2.31 bits per heavy atom. The summed E-state index contributed by atoms with van der Waals surface area (Å²) in [7, 11) is 0. The summed E-state index contributed by atoms with van der Waals surface area (Å²) in [5.41, 5.74) is 0. The maximum absolute atomic E-state index is 5.61. The molecule has 16 heavy (non-hydrogen) atoms.